The van der Waals surface area contributed by atoms with E-state index in [1.807, 2.05) is 0 Å². The minimum atomic E-state index is -3.94. The average Bonchev–Trinajstić information content (AvgIpc) is 3.43. The number of fused-ring (bicyclic) bond motifs is 2. The van der Waals surface area contributed by atoms with Gasteiger partial charge in [-0.3, -0.25) is 33.9 Å². The number of hydrogen-bond acceptors (Lipinski definition) is 11. The molecule has 0 spiro atoms. The van der Waals surface area contributed by atoms with Gasteiger partial charge in [0.15, 0.2) is 0 Å². The summed E-state index contributed by atoms with van der Waals surface area (Å²) in [5, 5.41) is 28.9. The Bertz CT molecular complexity index is 2060. The van der Waals surface area contributed by atoms with Gasteiger partial charge in [-0.1, -0.05) is 41.3 Å². The number of anilines is 2. The first-order chi connectivity index (χ1) is 21.3. The first kappa shape index (κ1) is 30.2. The third-order valence-electron chi connectivity index (χ3n) is 7.41. The van der Waals surface area contributed by atoms with Crippen LogP contribution in [0.15, 0.2) is 87.5 Å². The van der Waals surface area contributed by atoms with E-state index >= 15 is 0 Å². The smallest absolute Gasteiger partial charge is 0.308 e. The van der Waals surface area contributed by atoms with Crippen LogP contribution in [0.25, 0.3) is 0 Å². The molecule has 14 nitrogen and oxygen atoms in total. The van der Waals surface area contributed by atoms with Crippen molar-refractivity contribution in [3.63, 3.8) is 0 Å². The number of aromatic nitrogens is 1. The van der Waals surface area contributed by atoms with Crippen LogP contribution in [0.4, 0.5) is 17.1 Å². The number of carbonyl (C=O) groups is 3. The number of aromatic hydroxyl groups is 1. The normalized spacial score (nSPS) is 19.2. The lowest BCUT2D eigenvalue weighted by atomic mass is 9.82. The zero-order valence-corrected chi connectivity index (χ0v) is 25.2. The molecule has 1 aromatic heterocycles. The highest BCUT2D eigenvalue weighted by atomic mass is 32.2. The van der Waals surface area contributed by atoms with Crippen molar-refractivity contribution >= 4 is 67.9 Å². The number of nitrogens with zero attached hydrogens (tertiary/aromatic N) is 3. The van der Waals surface area contributed by atoms with Gasteiger partial charge in [-0.25, -0.2) is 18.5 Å². The number of hydrogen-bond donors (Lipinski definition) is 3. The van der Waals surface area contributed by atoms with E-state index in [0.717, 1.165) is 28.0 Å². The molecule has 3 amide bonds. The number of thiazole rings is 1. The number of para-hydroxylation sites is 1. The van der Waals surface area contributed by atoms with Gasteiger partial charge >= 0.3 is 4.87 Å². The standard InChI is InChI=1S/C28H21N5O9S3/c29-45(41,42)17-11-5-14(6-12-17)30-20(35)13-31-27-24(44-28(31)38)21(18-3-1-2-4-19(18)34)22-23(43-27)26(37)32(25(22)36)15-7-9-16(10-8-15)33(39)40/h1-12,21-23,34H,13H2,(H,30,35)(H2,29,41,42)/t21-,22?,23?/m0/s1. The maximum absolute atomic E-state index is 13.9. The summed E-state index contributed by atoms with van der Waals surface area (Å²) in [5.41, 5.74) is 0.477. The molecule has 2 unspecified atom stereocenters. The van der Waals surface area contributed by atoms with Crippen LogP contribution in [-0.4, -0.2) is 46.0 Å². The minimum Gasteiger partial charge on any atom is -0.508 e. The molecule has 4 N–H and O–H groups in total. The number of rotatable bonds is 7. The topological polar surface area (TPSA) is 212 Å². The molecule has 0 radical (unpaired) electrons. The monoisotopic (exact) mass is 667 g/mol. The summed E-state index contributed by atoms with van der Waals surface area (Å²) in [6.07, 6.45) is 0. The molecule has 2 aliphatic heterocycles. The second kappa shape index (κ2) is 11.3. The van der Waals surface area contributed by atoms with Crippen molar-refractivity contribution in [1.82, 2.24) is 4.57 Å². The van der Waals surface area contributed by atoms with Gasteiger partial charge in [0.25, 0.3) is 5.69 Å². The van der Waals surface area contributed by atoms with Gasteiger partial charge in [-0.05, 0) is 42.5 Å². The predicted molar refractivity (Wildman–Crippen MR) is 164 cm³/mol. The Labute approximate surface area is 262 Å². The number of phenolic OH excluding ortho intramolecular Hbond substituents is 1. The van der Waals surface area contributed by atoms with Crippen molar-refractivity contribution in [3.05, 3.63) is 103 Å². The SMILES string of the molecule is NS(=O)(=O)c1ccc(NC(=O)Cn2c3c(sc2=O)[C@@H](c2ccccc2O)C2C(=O)N(c4ccc([N+](=O)[O-])cc4)C(=O)C2S3)cc1. The van der Waals surface area contributed by atoms with Gasteiger partial charge in [0.1, 0.15) is 17.5 Å². The van der Waals surface area contributed by atoms with Crippen LogP contribution >= 0.6 is 23.1 Å². The summed E-state index contributed by atoms with van der Waals surface area (Å²) in [4.78, 5) is 65.2. The summed E-state index contributed by atoms with van der Waals surface area (Å²) in [6.45, 7) is -0.465. The molecule has 1 fully saturated rings. The van der Waals surface area contributed by atoms with E-state index in [1.54, 1.807) is 18.2 Å². The zero-order valence-electron chi connectivity index (χ0n) is 22.7. The first-order valence-electron chi connectivity index (χ1n) is 13.1. The Morgan fingerprint density at radius 1 is 1.00 bits per heavy atom. The Kier molecular flexibility index (Phi) is 7.56. The quantitative estimate of drug-likeness (QED) is 0.149. The lowest BCUT2D eigenvalue weighted by molar-refractivity contribution is -0.384. The number of phenols is 1. The van der Waals surface area contributed by atoms with Crippen LogP contribution in [0.1, 0.15) is 16.4 Å². The maximum Gasteiger partial charge on any atom is 0.308 e. The van der Waals surface area contributed by atoms with Crippen molar-refractivity contribution in [2.45, 2.75) is 27.6 Å². The van der Waals surface area contributed by atoms with Gasteiger partial charge in [0, 0.05) is 34.2 Å². The van der Waals surface area contributed by atoms with Crippen LogP contribution in [0.5, 0.6) is 5.75 Å². The molecule has 3 atom stereocenters. The Morgan fingerprint density at radius 3 is 2.29 bits per heavy atom. The Balaban J connectivity index is 1.37. The van der Waals surface area contributed by atoms with Gasteiger partial charge in [-0.2, -0.15) is 0 Å². The summed E-state index contributed by atoms with van der Waals surface area (Å²) in [6, 6.07) is 16.3. The largest absolute Gasteiger partial charge is 0.508 e. The summed E-state index contributed by atoms with van der Waals surface area (Å²) < 4.78 is 24.2. The number of carbonyl (C=O) groups excluding carboxylic acids is 3. The average molecular weight is 668 g/mol. The number of nitro groups is 1. The number of benzene rings is 3. The molecule has 3 aromatic carbocycles. The highest BCUT2D eigenvalue weighted by Crippen LogP contribution is 2.55. The van der Waals surface area contributed by atoms with Crippen molar-refractivity contribution in [2.24, 2.45) is 11.1 Å². The fourth-order valence-electron chi connectivity index (χ4n) is 5.39. The van der Waals surface area contributed by atoms with E-state index in [4.69, 9.17) is 5.14 Å². The van der Waals surface area contributed by atoms with Crippen molar-refractivity contribution in [3.8, 4) is 5.75 Å². The van der Waals surface area contributed by atoms with Crippen molar-refractivity contribution < 1.29 is 32.8 Å². The molecular formula is C28H21N5O9S3. The second-order valence-corrected chi connectivity index (χ2v) is 13.8. The number of nitrogens with one attached hydrogen (secondary N) is 1. The zero-order chi connectivity index (χ0) is 32.2. The molecular weight excluding hydrogens is 647 g/mol. The molecule has 17 heteroatoms. The number of nitrogens with two attached hydrogens (primary N) is 1. The Hall–Kier alpha value is -4.84. The van der Waals surface area contributed by atoms with E-state index < -0.39 is 61.2 Å². The van der Waals surface area contributed by atoms with Gasteiger partial charge in [-0.15, -0.1) is 0 Å². The van der Waals surface area contributed by atoms with Crippen LogP contribution in [0, 0.1) is 16.0 Å². The van der Waals surface area contributed by atoms with E-state index in [9.17, 15) is 42.8 Å². The number of non-ortho nitro benzene ring substituents is 1. The minimum absolute atomic E-state index is 0.134. The summed E-state index contributed by atoms with van der Waals surface area (Å²) in [7, 11) is -3.94. The van der Waals surface area contributed by atoms with Crippen LogP contribution in [0.3, 0.4) is 0 Å². The molecule has 45 heavy (non-hydrogen) atoms. The third-order valence-corrected chi connectivity index (χ3v) is 10.9. The summed E-state index contributed by atoms with van der Waals surface area (Å²) in [5.74, 6) is -3.93. The number of imide groups is 1. The van der Waals surface area contributed by atoms with E-state index in [2.05, 4.69) is 5.32 Å². The number of amides is 3. The second-order valence-electron chi connectivity index (χ2n) is 10.1. The molecule has 6 rings (SSSR count). The van der Waals surface area contributed by atoms with Gasteiger partial charge in [0.05, 0.1) is 26.5 Å². The molecule has 0 aliphatic carbocycles. The number of sulfonamides is 1. The van der Waals surface area contributed by atoms with Crippen LogP contribution in [-0.2, 0) is 31.0 Å². The van der Waals surface area contributed by atoms with Crippen LogP contribution in [0.2, 0.25) is 0 Å². The molecule has 230 valence electrons. The van der Waals surface area contributed by atoms with Crippen molar-refractivity contribution in [2.75, 3.05) is 10.2 Å². The number of thioether (sulfide) groups is 1. The Morgan fingerprint density at radius 2 is 1.67 bits per heavy atom. The van der Waals surface area contributed by atoms with Gasteiger partial charge in [0.2, 0.25) is 27.7 Å². The predicted octanol–water partition coefficient (Wildman–Crippen LogP) is 2.61. The third kappa shape index (κ3) is 5.39. The highest BCUT2D eigenvalue weighted by molar-refractivity contribution is 8.00. The maximum atomic E-state index is 13.9. The fraction of sp³-hybridized carbons (Fsp3) is 0.143. The molecule has 3 heterocycles. The molecule has 1 saturated heterocycles. The van der Waals surface area contributed by atoms with E-state index in [1.165, 1.54) is 59.2 Å². The summed E-state index contributed by atoms with van der Waals surface area (Å²) >= 11 is 1.76. The number of primary sulfonamides is 1. The van der Waals surface area contributed by atoms with E-state index in [-0.39, 0.29) is 32.7 Å². The molecule has 0 saturated carbocycles. The highest BCUT2D eigenvalue weighted by Gasteiger charge is 2.57. The first-order valence-corrected chi connectivity index (χ1v) is 16.3. The molecule has 2 aliphatic rings. The van der Waals surface area contributed by atoms with E-state index in [0.29, 0.717) is 10.4 Å². The molecule has 4 aromatic rings. The molecule has 0 bridgehead atoms. The lowest BCUT2D eigenvalue weighted by Crippen LogP contribution is -2.33. The lowest BCUT2D eigenvalue weighted by Gasteiger charge is -2.31. The van der Waals surface area contributed by atoms with Crippen LogP contribution < -0.4 is 20.2 Å². The van der Waals surface area contributed by atoms with Gasteiger partial charge < -0.3 is 10.4 Å². The number of nitro benzene ring substituents is 1. The fourth-order valence-corrected chi connectivity index (χ4v) is 8.67. The van der Waals surface area contributed by atoms with Crippen molar-refractivity contribution in [1.29, 1.82) is 0 Å².